The van der Waals surface area contributed by atoms with E-state index in [4.69, 9.17) is 0 Å². The van der Waals surface area contributed by atoms with Crippen molar-refractivity contribution < 1.29 is 18.7 Å². The van der Waals surface area contributed by atoms with Crippen LogP contribution in [-0.4, -0.2) is 49.6 Å². The van der Waals surface area contributed by atoms with E-state index in [1.807, 2.05) is 19.1 Å². The summed E-state index contributed by atoms with van der Waals surface area (Å²) in [6.45, 7) is 1.23. The molecule has 1 aromatic carbocycles. The Kier molecular flexibility index (Phi) is 5.83. The smallest absolute Gasteiger partial charge is 0.284 e. The molecule has 0 aliphatic heterocycles. The number of aliphatic hydroxyl groups excluding tert-OH is 1. The summed E-state index contributed by atoms with van der Waals surface area (Å²) in [5.74, 6) is -0.886. The summed E-state index contributed by atoms with van der Waals surface area (Å²) in [7, 11) is 1.66. The van der Waals surface area contributed by atoms with Crippen LogP contribution < -0.4 is 10.9 Å². The number of nitrogens with zero attached hydrogens (tertiary/aromatic N) is 4. The van der Waals surface area contributed by atoms with Gasteiger partial charge in [-0.25, -0.2) is 8.78 Å². The molecule has 152 valence electrons. The summed E-state index contributed by atoms with van der Waals surface area (Å²) in [4.78, 5) is 25.3. The molecule has 0 saturated heterocycles. The number of carbonyl (C=O) groups is 1. The lowest BCUT2D eigenvalue weighted by Gasteiger charge is -2.12. The van der Waals surface area contributed by atoms with Crippen LogP contribution in [0.5, 0.6) is 0 Å². The van der Waals surface area contributed by atoms with E-state index >= 15 is 0 Å². The van der Waals surface area contributed by atoms with Gasteiger partial charge >= 0.3 is 0 Å². The summed E-state index contributed by atoms with van der Waals surface area (Å²) < 4.78 is 27.5. The summed E-state index contributed by atoms with van der Waals surface area (Å²) in [6, 6.07) is 8.59. The molecule has 0 bridgehead atoms. The van der Waals surface area contributed by atoms with Gasteiger partial charge in [-0.3, -0.25) is 14.3 Å². The lowest BCUT2D eigenvalue weighted by atomic mass is 10.1. The zero-order chi connectivity index (χ0) is 21.1. The van der Waals surface area contributed by atoms with E-state index in [0.717, 1.165) is 10.2 Å². The quantitative estimate of drug-likeness (QED) is 0.646. The van der Waals surface area contributed by atoms with E-state index in [1.54, 1.807) is 25.4 Å². The first-order chi connectivity index (χ1) is 13.8. The molecule has 2 N–H and O–H groups in total. The van der Waals surface area contributed by atoms with E-state index in [0.29, 0.717) is 16.9 Å². The molecule has 0 saturated carbocycles. The topological polar surface area (TPSA) is 102 Å². The van der Waals surface area contributed by atoms with E-state index < -0.39 is 30.5 Å². The highest BCUT2D eigenvalue weighted by molar-refractivity contribution is 5.94. The molecule has 3 rings (SSSR count). The maximum Gasteiger partial charge on any atom is 0.284 e. The Morgan fingerprint density at radius 3 is 2.55 bits per heavy atom. The zero-order valence-corrected chi connectivity index (χ0v) is 15.7. The molecule has 2 aromatic heterocycles. The molecule has 1 amide bonds. The van der Waals surface area contributed by atoms with Crippen molar-refractivity contribution in [2.24, 2.45) is 7.05 Å². The van der Waals surface area contributed by atoms with Crippen LogP contribution in [0.25, 0.3) is 16.9 Å². The minimum Gasteiger partial charge on any atom is -0.385 e. The van der Waals surface area contributed by atoms with Crippen molar-refractivity contribution in [1.29, 1.82) is 0 Å². The molecule has 0 radical (unpaired) electrons. The number of hydrogen-bond donors (Lipinski definition) is 2. The number of amides is 1. The molecule has 0 aliphatic carbocycles. The van der Waals surface area contributed by atoms with Crippen molar-refractivity contribution in [3.05, 3.63) is 64.2 Å². The molecule has 1 atom stereocenters. The Labute approximate surface area is 164 Å². The van der Waals surface area contributed by atoms with Crippen molar-refractivity contribution in [2.75, 3.05) is 6.54 Å². The highest BCUT2D eigenvalue weighted by Gasteiger charge is 2.21. The normalized spacial score (nSPS) is 12.2. The maximum atomic E-state index is 12.8. The third-order valence-corrected chi connectivity index (χ3v) is 4.20. The van der Waals surface area contributed by atoms with Crippen molar-refractivity contribution in [3.63, 3.8) is 0 Å². The number of hydrogen-bond acceptors (Lipinski definition) is 5. The zero-order valence-electron chi connectivity index (χ0n) is 15.7. The third kappa shape index (κ3) is 4.54. The summed E-state index contributed by atoms with van der Waals surface area (Å²) in [6.07, 6.45) is -2.08. The Bertz CT molecular complexity index is 1080. The minimum atomic E-state index is -3.01. The molecule has 2 heterocycles. The van der Waals surface area contributed by atoms with E-state index in [1.165, 1.54) is 16.9 Å². The Morgan fingerprint density at radius 2 is 1.97 bits per heavy atom. The molecular formula is C19H19F2N5O3. The van der Waals surface area contributed by atoms with Crippen LogP contribution in [0.2, 0.25) is 0 Å². The van der Waals surface area contributed by atoms with Crippen LogP contribution in [0, 0.1) is 6.92 Å². The van der Waals surface area contributed by atoms with Gasteiger partial charge in [0.05, 0.1) is 18.1 Å². The van der Waals surface area contributed by atoms with Gasteiger partial charge in [0.15, 0.2) is 0 Å². The lowest BCUT2D eigenvalue weighted by molar-refractivity contribution is -0.00271. The number of halogens is 2. The SMILES string of the molecule is Cc1ccc(-c2cc(C(=O)NC[C@@H](O)C(F)F)c(=O)n(-c3cnn(C)c3)n2)cc1. The minimum absolute atomic E-state index is 0.291. The average molecular weight is 403 g/mol. The number of carbonyl (C=O) groups excluding carboxylic acids is 1. The highest BCUT2D eigenvalue weighted by Crippen LogP contribution is 2.18. The first-order valence-corrected chi connectivity index (χ1v) is 8.71. The van der Waals surface area contributed by atoms with Crippen molar-refractivity contribution >= 4 is 5.91 Å². The van der Waals surface area contributed by atoms with Crippen LogP contribution in [0.3, 0.4) is 0 Å². The Hall–Kier alpha value is -3.40. The van der Waals surface area contributed by atoms with Crippen LogP contribution in [0.4, 0.5) is 8.78 Å². The molecule has 10 heteroatoms. The van der Waals surface area contributed by atoms with Gasteiger partial charge in [0.1, 0.15) is 17.4 Å². The fourth-order valence-corrected chi connectivity index (χ4v) is 2.60. The largest absolute Gasteiger partial charge is 0.385 e. The van der Waals surface area contributed by atoms with Crippen LogP contribution in [0.1, 0.15) is 15.9 Å². The van der Waals surface area contributed by atoms with Gasteiger partial charge in [0.2, 0.25) is 0 Å². The number of alkyl halides is 2. The van der Waals surface area contributed by atoms with E-state index in [2.05, 4.69) is 15.5 Å². The average Bonchev–Trinajstić information content (AvgIpc) is 3.12. The number of aryl methyl sites for hydroxylation is 2. The molecular weight excluding hydrogens is 384 g/mol. The molecule has 8 nitrogen and oxygen atoms in total. The Balaban J connectivity index is 2.06. The molecule has 0 aliphatic rings. The number of nitrogens with one attached hydrogen (secondary N) is 1. The highest BCUT2D eigenvalue weighted by atomic mass is 19.3. The molecule has 29 heavy (non-hydrogen) atoms. The van der Waals surface area contributed by atoms with Gasteiger partial charge in [-0.2, -0.15) is 14.9 Å². The molecule has 0 spiro atoms. The van der Waals surface area contributed by atoms with E-state index in [9.17, 15) is 23.5 Å². The van der Waals surface area contributed by atoms with Gasteiger partial charge in [-0.1, -0.05) is 29.8 Å². The third-order valence-electron chi connectivity index (χ3n) is 4.20. The maximum absolute atomic E-state index is 12.8. The van der Waals surface area contributed by atoms with Crippen molar-refractivity contribution in [3.8, 4) is 16.9 Å². The summed E-state index contributed by atoms with van der Waals surface area (Å²) in [5, 5.41) is 19.7. The monoisotopic (exact) mass is 403 g/mol. The lowest BCUT2D eigenvalue weighted by Crippen LogP contribution is -2.39. The molecule has 0 fully saturated rings. The first-order valence-electron chi connectivity index (χ1n) is 8.71. The number of benzene rings is 1. The van der Waals surface area contributed by atoms with Gasteiger partial charge in [0, 0.05) is 19.2 Å². The second kappa shape index (κ2) is 8.31. The van der Waals surface area contributed by atoms with E-state index in [-0.39, 0.29) is 5.56 Å². The Morgan fingerprint density at radius 1 is 1.28 bits per heavy atom. The summed E-state index contributed by atoms with van der Waals surface area (Å²) >= 11 is 0. The fraction of sp³-hybridized carbons (Fsp3) is 0.263. The van der Waals surface area contributed by atoms with Crippen LogP contribution >= 0.6 is 0 Å². The van der Waals surface area contributed by atoms with Crippen LogP contribution in [0.15, 0.2) is 47.5 Å². The standard InChI is InChI=1S/C19H19F2N5O3/c1-11-3-5-12(6-4-11)15-7-14(18(28)22-9-16(27)17(20)21)19(29)26(24-15)13-8-23-25(2)10-13/h3-8,10,16-17,27H,9H2,1-2H3,(H,22,28)/t16-/m1/s1. The fourth-order valence-electron chi connectivity index (χ4n) is 2.60. The van der Waals surface area contributed by atoms with Gasteiger partial charge in [0.25, 0.3) is 17.9 Å². The van der Waals surface area contributed by atoms with Crippen LogP contribution in [-0.2, 0) is 7.05 Å². The number of aromatic nitrogens is 4. The predicted octanol–water partition coefficient (Wildman–Crippen LogP) is 1.30. The first kappa shape index (κ1) is 20.3. The van der Waals surface area contributed by atoms with Gasteiger partial charge in [-0.05, 0) is 13.0 Å². The van der Waals surface area contributed by atoms with Crippen molar-refractivity contribution in [1.82, 2.24) is 24.9 Å². The number of aliphatic hydroxyl groups is 1. The van der Waals surface area contributed by atoms with Crippen molar-refractivity contribution in [2.45, 2.75) is 19.5 Å². The second-order valence-corrected chi connectivity index (χ2v) is 6.51. The predicted molar refractivity (Wildman–Crippen MR) is 101 cm³/mol. The number of rotatable bonds is 6. The molecule has 3 aromatic rings. The molecule has 0 unspecified atom stereocenters. The van der Waals surface area contributed by atoms with Gasteiger partial charge in [-0.15, -0.1) is 0 Å². The van der Waals surface area contributed by atoms with Gasteiger partial charge < -0.3 is 10.4 Å². The second-order valence-electron chi connectivity index (χ2n) is 6.51. The summed E-state index contributed by atoms with van der Waals surface area (Å²) in [5.41, 5.74) is 1.34.